The van der Waals surface area contributed by atoms with Gasteiger partial charge in [0.15, 0.2) is 0 Å². The van der Waals surface area contributed by atoms with Gasteiger partial charge < -0.3 is 35.8 Å². The van der Waals surface area contributed by atoms with Gasteiger partial charge in [-0.05, 0) is 80.0 Å². The summed E-state index contributed by atoms with van der Waals surface area (Å²) in [7, 11) is 3.81. The molecule has 3 aromatic carbocycles. The van der Waals surface area contributed by atoms with E-state index in [0.29, 0.717) is 42.9 Å². The Labute approximate surface area is 248 Å². The zero-order chi connectivity index (χ0) is 30.8. The number of aryl methyl sites for hydroxylation is 1. The molecule has 1 fully saturated rings. The van der Waals surface area contributed by atoms with Gasteiger partial charge in [0.2, 0.25) is 11.6 Å². The Kier molecular flexibility index (Phi) is 8.47. The van der Waals surface area contributed by atoms with Gasteiger partial charge in [-0.25, -0.2) is 4.79 Å². The number of hydrogen-bond donors (Lipinski definition) is 3. The lowest BCUT2D eigenvalue weighted by Gasteiger charge is -2.24. The van der Waals surface area contributed by atoms with Crippen LogP contribution in [0.1, 0.15) is 27.9 Å². The van der Waals surface area contributed by atoms with E-state index in [1.165, 1.54) is 18.2 Å². The number of nitrogen functional groups attached to an aromatic ring is 1. The van der Waals surface area contributed by atoms with Crippen LogP contribution in [0.5, 0.6) is 23.3 Å². The molecule has 1 aromatic heterocycles. The number of rotatable bonds is 9. The van der Waals surface area contributed by atoms with Crippen LogP contribution < -0.4 is 25.8 Å². The van der Waals surface area contributed by atoms with Crippen molar-refractivity contribution in [3.63, 3.8) is 0 Å². The van der Waals surface area contributed by atoms with Crippen LogP contribution in [0.2, 0.25) is 0 Å². The third-order valence-electron chi connectivity index (χ3n) is 7.42. The molecule has 0 radical (unpaired) electrons. The van der Waals surface area contributed by atoms with E-state index in [1.54, 1.807) is 30.0 Å². The second-order valence-corrected chi connectivity index (χ2v) is 10.8. The minimum Gasteiger partial charge on any atom is -0.478 e. The van der Waals surface area contributed by atoms with Gasteiger partial charge in [-0.15, -0.1) is 0 Å². The first-order valence-corrected chi connectivity index (χ1v) is 13.7. The molecule has 5 rings (SSSR count). The topological polar surface area (TPSA) is 127 Å². The Hall–Kier alpha value is -4.74. The van der Waals surface area contributed by atoms with E-state index < -0.39 is 29.4 Å². The van der Waals surface area contributed by atoms with Crippen molar-refractivity contribution in [2.45, 2.75) is 25.9 Å². The number of nitrogens with zero attached hydrogens (tertiary/aromatic N) is 3. The average molecular weight is 590 g/mol. The van der Waals surface area contributed by atoms with Gasteiger partial charge in [0.05, 0.1) is 0 Å². The van der Waals surface area contributed by atoms with Crippen molar-refractivity contribution in [1.29, 1.82) is 0 Å². The number of anilines is 2. The summed E-state index contributed by atoms with van der Waals surface area (Å²) >= 11 is 0. The fraction of sp³-hybridized carbons (Fsp3) is 0.250. The molecule has 1 aliphatic heterocycles. The van der Waals surface area contributed by atoms with E-state index in [2.05, 4.69) is 4.98 Å². The lowest BCUT2D eigenvalue weighted by Crippen LogP contribution is -2.32. The molecule has 0 saturated carbocycles. The van der Waals surface area contributed by atoms with Crippen LogP contribution in [-0.2, 0) is 6.54 Å². The highest BCUT2D eigenvalue weighted by atomic mass is 19.1. The number of halogens is 2. The van der Waals surface area contributed by atoms with E-state index in [4.69, 9.17) is 20.9 Å². The van der Waals surface area contributed by atoms with Crippen molar-refractivity contribution in [3.8, 4) is 34.4 Å². The number of likely N-dealkylation sites (N-methyl/N-ethyl adjacent to an activating group) is 1. The minimum absolute atomic E-state index is 0.0665. The molecule has 1 aliphatic rings. The molecule has 1 saturated heterocycles. The van der Waals surface area contributed by atoms with Crippen LogP contribution in [0.3, 0.4) is 0 Å². The highest BCUT2D eigenvalue weighted by molar-refractivity contribution is 5.91. The number of carboxylic acids is 1. The van der Waals surface area contributed by atoms with Crippen LogP contribution in [-0.4, -0.2) is 54.2 Å². The largest absolute Gasteiger partial charge is 0.478 e. The fourth-order valence-electron chi connectivity index (χ4n) is 5.10. The number of pyridine rings is 1. The van der Waals surface area contributed by atoms with Crippen molar-refractivity contribution in [2.24, 2.45) is 5.73 Å². The monoisotopic (exact) mass is 589 g/mol. The van der Waals surface area contributed by atoms with Crippen LogP contribution >= 0.6 is 0 Å². The third-order valence-corrected chi connectivity index (χ3v) is 7.42. The van der Waals surface area contributed by atoms with Gasteiger partial charge in [0, 0.05) is 37.4 Å². The van der Waals surface area contributed by atoms with Gasteiger partial charge in [-0.2, -0.15) is 13.8 Å². The molecule has 43 heavy (non-hydrogen) atoms. The summed E-state index contributed by atoms with van der Waals surface area (Å²) in [6.07, 6.45) is 0.683. The Morgan fingerprint density at radius 2 is 1.79 bits per heavy atom. The van der Waals surface area contributed by atoms with Crippen LogP contribution in [0, 0.1) is 18.6 Å². The van der Waals surface area contributed by atoms with Gasteiger partial charge >= 0.3 is 5.97 Å². The second kappa shape index (κ2) is 12.2. The molecule has 2 heterocycles. The summed E-state index contributed by atoms with van der Waals surface area (Å²) in [4.78, 5) is 19.5. The number of nitrogens with two attached hydrogens (primary N) is 2. The average Bonchev–Trinajstić information content (AvgIpc) is 3.45. The summed E-state index contributed by atoms with van der Waals surface area (Å²) < 4.78 is 43.9. The van der Waals surface area contributed by atoms with Crippen molar-refractivity contribution >= 4 is 17.3 Å². The number of hydrogen-bond acceptors (Lipinski definition) is 8. The van der Waals surface area contributed by atoms with Gasteiger partial charge in [0.1, 0.15) is 22.7 Å². The molecule has 0 bridgehead atoms. The molecule has 11 heteroatoms. The molecule has 1 atom stereocenters. The van der Waals surface area contributed by atoms with Crippen LogP contribution in [0.4, 0.5) is 20.2 Å². The standard InChI is InChI=1S/C32H33F2N5O4/c1-18-7-8-25(32(40)41)26(11-18)43-31-28(34)29(39-10-9-23(17-39)38(2)3)27(33)30(37-31)42-24-14-21(13-22(36)15-24)20-6-4-5-19(12-20)16-35/h4-8,11-15,23H,9-10,16-17,35-36H2,1-3H3,(H,40,41). The van der Waals surface area contributed by atoms with Crippen LogP contribution in [0.15, 0.2) is 60.7 Å². The van der Waals surface area contributed by atoms with Crippen molar-refractivity contribution < 1.29 is 28.2 Å². The molecule has 224 valence electrons. The van der Waals surface area contributed by atoms with Crippen molar-refractivity contribution in [1.82, 2.24) is 9.88 Å². The molecule has 9 nitrogen and oxygen atoms in total. The Bertz CT molecular complexity index is 1680. The maximum Gasteiger partial charge on any atom is 0.339 e. The first-order chi connectivity index (χ1) is 20.5. The van der Waals surface area contributed by atoms with E-state index in [0.717, 1.165) is 11.1 Å². The lowest BCUT2D eigenvalue weighted by atomic mass is 10.0. The predicted molar refractivity (Wildman–Crippen MR) is 161 cm³/mol. The Balaban J connectivity index is 1.60. The number of aromatic carboxylic acids is 1. The van der Waals surface area contributed by atoms with Crippen LogP contribution in [0.25, 0.3) is 11.1 Å². The van der Waals surface area contributed by atoms with E-state index in [1.807, 2.05) is 43.3 Å². The number of ether oxygens (including phenoxy) is 2. The maximum absolute atomic E-state index is 16.1. The Morgan fingerprint density at radius 1 is 1.05 bits per heavy atom. The zero-order valence-corrected chi connectivity index (χ0v) is 24.1. The molecular weight excluding hydrogens is 556 g/mol. The predicted octanol–water partition coefficient (Wildman–Crippen LogP) is 5.80. The summed E-state index contributed by atoms with van der Waals surface area (Å²) in [6.45, 7) is 2.82. The van der Waals surface area contributed by atoms with E-state index in [9.17, 15) is 9.90 Å². The molecule has 1 unspecified atom stereocenters. The maximum atomic E-state index is 16.1. The number of benzene rings is 3. The molecule has 5 N–H and O–H groups in total. The smallest absolute Gasteiger partial charge is 0.339 e. The summed E-state index contributed by atoms with van der Waals surface area (Å²) in [5, 5.41) is 9.67. The molecule has 0 aliphatic carbocycles. The van der Waals surface area contributed by atoms with Crippen molar-refractivity contribution in [3.05, 3.63) is 89.0 Å². The van der Waals surface area contributed by atoms with Gasteiger partial charge in [0.25, 0.3) is 11.8 Å². The van der Waals surface area contributed by atoms with Gasteiger partial charge in [-0.1, -0.05) is 24.3 Å². The number of carboxylic acid groups (broad SMARTS) is 1. The third kappa shape index (κ3) is 6.37. The summed E-state index contributed by atoms with van der Waals surface area (Å²) in [6, 6.07) is 16.9. The quantitative estimate of drug-likeness (QED) is 0.208. The van der Waals surface area contributed by atoms with Gasteiger partial charge in [-0.3, -0.25) is 0 Å². The summed E-state index contributed by atoms with van der Waals surface area (Å²) in [5.74, 6) is -4.48. The normalized spacial score (nSPS) is 14.8. The first-order valence-electron chi connectivity index (χ1n) is 13.7. The molecular formula is C32H33F2N5O4. The highest BCUT2D eigenvalue weighted by Gasteiger charge is 2.33. The number of aromatic nitrogens is 1. The lowest BCUT2D eigenvalue weighted by molar-refractivity contribution is 0.0694. The molecule has 4 aromatic rings. The van der Waals surface area contributed by atoms with E-state index >= 15 is 8.78 Å². The summed E-state index contributed by atoms with van der Waals surface area (Å²) in [5.41, 5.74) is 14.9. The number of carbonyl (C=O) groups is 1. The molecule has 0 amide bonds. The van der Waals surface area contributed by atoms with Crippen molar-refractivity contribution in [2.75, 3.05) is 37.8 Å². The fourth-order valence-corrected chi connectivity index (χ4v) is 5.10. The zero-order valence-electron chi connectivity index (χ0n) is 24.1. The molecule has 0 spiro atoms. The SMILES string of the molecule is Cc1ccc(C(=O)O)c(Oc2nc(Oc3cc(N)cc(-c4cccc(CN)c4)c3)c(F)c(N3CCC(N(C)C)C3)c2F)c1. The second-order valence-electron chi connectivity index (χ2n) is 10.8. The first kappa shape index (κ1) is 29.7. The Morgan fingerprint density at radius 3 is 2.47 bits per heavy atom. The highest BCUT2D eigenvalue weighted by Crippen LogP contribution is 2.41. The minimum atomic E-state index is -1.27. The van der Waals surface area contributed by atoms with E-state index in [-0.39, 0.29) is 28.8 Å².